The van der Waals surface area contributed by atoms with Crippen LogP contribution in [0.2, 0.25) is 0 Å². The summed E-state index contributed by atoms with van der Waals surface area (Å²) >= 11 is 1.62. The molecular weight excluding hydrogens is 470 g/mol. The van der Waals surface area contributed by atoms with Crippen LogP contribution in [-0.2, 0) is 27.1 Å². The van der Waals surface area contributed by atoms with Crippen LogP contribution in [0.4, 0.5) is 0 Å². The van der Waals surface area contributed by atoms with Crippen molar-refractivity contribution in [3.05, 3.63) is 66.2 Å². The van der Waals surface area contributed by atoms with Gasteiger partial charge in [0.1, 0.15) is 5.82 Å². The highest BCUT2D eigenvalue weighted by Crippen LogP contribution is 2.28. The lowest BCUT2D eigenvalue weighted by Gasteiger charge is -2.26. The van der Waals surface area contributed by atoms with Crippen LogP contribution in [0.1, 0.15) is 18.3 Å². The molecule has 10 heteroatoms. The van der Waals surface area contributed by atoms with Crippen LogP contribution in [0, 0.1) is 6.92 Å². The van der Waals surface area contributed by atoms with E-state index in [-0.39, 0.29) is 4.90 Å². The lowest BCUT2D eigenvalue weighted by molar-refractivity contribution is 0.0730. The molecule has 1 saturated heterocycles. The number of para-hydroxylation sites is 1. The number of rotatable bonds is 7. The zero-order valence-corrected chi connectivity index (χ0v) is 20.8. The van der Waals surface area contributed by atoms with Gasteiger partial charge in [0, 0.05) is 32.0 Å². The quantitative estimate of drug-likeness (QED) is 0.361. The molecule has 0 amide bonds. The number of hydrogen-bond donors (Lipinski definition) is 0. The van der Waals surface area contributed by atoms with E-state index < -0.39 is 10.0 Å². The van der Waals surface area contributed by atoms with Gasteiger partial charge < -0.3 is 9.30 Å². The molecule has 0 N–H and O–H groups in total. The van der Waals surface area contributed by atoms with Gasteiger partial charge in [0.15, 0.2) is 5.16 Å². The predicted octanol–water partition coefficient (Wildman–Crippen LogP) is 3.86. The molecule has 0 radical (unpaired) electrons. The van der Waals surface area contributed by atoms with Crippen molar-refractivity contribution >= 4 is 32.8 Å². The number of imidazole rings is 2. The number of ether oxygens (including phenoxy) is 1. The van der Waals surface area contributed by atoms with Crippen LogP contribution in [0.25, 0.3) is 16.7 Å². The first-order valence-corrected chi connectivity index (χ1v) is 13.7. The van der Waals surface area contributed by atoms with Crippen LogP contribution in [0.5, 0.6) is 0 Å². The lowest BCUT2D eigenvalue weighted by atomic mass is 10.2. The number of morpholine rings is 1. The zero-order chi connectivity index (χ0) is 23.7. The molecule has 8 nitrogen and oxygen atoms in total. The monoisotopic (exact) mass is 497 g/mol. The molecule has 178 valence electrons. The average molecular weight is 498 g/mol. The molecule has 34 heavy (non-hydrogen) atoms. The fourth-order valence-electron chi connectivity index (χ4n) is 4.26. The Morgan fingerprint density at radius 3 is 2.68 bits per heavy atom. The standard InChI is InChI=1S/C24H27N5O3S2/c1-3-28-22-9-8-19(34(30,31)27-12-14-32-15-13-27)16-20(22)26-23(28)17-33-24-25-10-11-29(24)21-7-5-4-6-18(21)2/h4-11,16H,3,12-15,17H2,1-2H3. The van der Waals surface area contributed by atoms with Crippen molar-refractivity contribution in [2.24, 2.45) is 0 Å². The smallest absolute Gasteiger partial charge is 0.243 e. The number of sulfonamides is 1. The first-order chi connectivity index (χ1) is 16.5. The molecule has 0 spiro atoms. The van der Waals surface area contributed by atoms with Gasteiger partial charge in [0.05, 0.1) is 40.6 Å². The second-order valence-electron chi connectivity index (χ2n) is 8.09. The highest BCUT2D eigenvalue weighted by atomic mass is 32.2. The highest BCUT2D eigenvalue weighted by Gasteiger charge is 2.27. The summed E-state index contributed by atoms with van der Waals surface area (Å²) in [5, 5.41) is 0.889. The molecule has 1 aliphatic heterocycles. The number of nitrogens with zero attached hydrogens (tertiary/aromatic N) is 5. The minimum Gasteiger partial charge on any atom is -0.379 e. The van der Waals surface area contributed by atoms with E-state index >= 15 is 0 Å². The number of hydrogen-bond acceptors (Lipinski definition) is 6. The Morgan fingerprint density at radius 1 is 1.12 bits per heavy atom. The van der Waals surface area contributed by atoms with Crippen molar-refractivity contribution in [1.82, 2.24) is 23.4 Å². The summed E-state index contributed by atoms with van der Waals surface area (Å²) in [6.07, 6.45) is 3.77. The van der Waals surface area contributed by atoms with E-state index in [2.05, 4.69) is 40.1 Å². The summed E-state index contributed by atoms with van der Waals surface area (Å²) in [5.41, 5.74) is 3.90. The van der Waals surface area contributed by atoms with Crippen molar-refractivity contribution in [1.29, 1.82) is 0 Å². The fraction of sp³-hybridized carbons (Fsp3) is 0.333. The number of fused-ring (bicyclic) bond motifs is 1. The van der Waals surface area contributed by atoms with Gasteiger partial charge in [-0.1, -0.05) is 30.0 Å². The molecule has 0 atom stereocenters. The first-order valence-electron chi connectivity index (χ1n) is 11.3. The second-order valence-corrected chi connectivity index (χ2v) is 11.0. The molecule has 1 aliphatic rings. The Labute approximate surface area is 203 Å². The summed E-state index contributed by atoms with van der Waals surface area (Å²) in [5.74, 6) is 1.51. The largest absolute Gasteiger partial charge is 0.379 e. The van der Waals surface area contributed by atoms with E-state index in [1.165, 1.54) is 9.87 Å². The summed E-state index contributed by atoms with van der Waals surface area (Å²) in [6, 6.07) is 13.5. The molecule has 4 aromatic rings. The van der Waals surface area contributed by atoms with Crippen LogP contribution in [0.3, 0.4) is 0 Å². The topological polar surface area (TPSA) is 82.2 Å². The molecule has 2 aromatic heterocycles. The number of benzene rings is 2. The number of aromatic nitrogens is 4. The summed E-state index contributed by atoms with van der Waals surface area (Å²) in [6.45, 7) is 6.49. The van der Waals surface area contributed by atoms with Crippen molar-refractivity contribution in [2.45, 2.75) is 36.2 Å². The Kier molecular flexibility index (Phi) is 6.48. The molecule has 0 unspecified atom stereocenters. The van der Waals surface area contributed by atoms with Gasteiger partial charge in [-0.25, -0.2) is 18.4 Å². The Balaban J connectivity index is 1.43. The van der Waals surface area contributed by atoms with E-state index in [9.17, 15) is 8.42 Å². The van der Waals surface area contributed by atoms with Crippen LogP contribution >= 0.6 is 11.8 Å². The maximum atomic E-state index is 13.1. The SMILES string of the molecule is CCn1c(CSc2nccn2-c2ccccc2C)nc2cc(S(=O)(=O)N3CCOCC3)ccc21. The molecule has 0 bridgehead atoms. The summed E-state index contributed by atoms with van der Waals surface area (Å²) < 4.78 is 37.2. The Morgan fingerprint density at radius 2 is 1.91 bits per heavy atom. The highest BCUT2D eigenvalue weighted by molar-refractivity contribution is 7.98. The molecule has 3 heterocycles. The lowest BCUT2D eigenvalue weighted by Crippen LogP contribution is -2.40. The second kappa shape index (κ2) is 9.53. The van der Waals surface area contributed by atoms with Gasteiger partial charge in [-0.2, -0.15) is 4.31 Å². The van der Waals surface area contributed by atoms with E-state index in [0.29, 0.717) is 37.6 Å². The van der Waals surface area contributed by atoms with Gasteiger partial charge in [-0.15, -0.1) is 0 Å². The van der Waals surface area contributed by atoms with E-state index in [1.54, 1.807) is 30.1 Å². The molecule has 1 fully saturated rings. The van der Waals surface area contributed by atoms with Crippen molar-refractivity contribution < 1.29 is 13.2 Å². The molecular formula is C24H27N5O3S2. The van der Waals surface area contributed by atoms with Crippen LogP contribution in [0.15, 0.2) is 64.9 Å². The van der Waals surface area contributed by atoms with Crippen molar-refractivity contribution in [3.63, 3.8) is 0 Å². The maximum absolute atomic E-state index is 13.1. The minimum absolute atomic E-state index is 0.275. The third-order valence-electron chi connectivity index (χ3n) is 6.03. The predicted molar refractivity (Wildman–Crippen MR) is 133 cm³/mol. The van der Waals surface area contributed by atoms with E-state index in [1.807, 2.05) is 24.4 Å². The van der Waals surface area contributed by atoms with E-state index in [4.69, 9.17) is 9.72 Å². The average Bonchev–Trinajstić information content (AvgIpc) is 3.47. The third kappa shape index (κ3) is 4.26. The maximum Gasteiger partial charge on any atom is 0.243 e. The van der Waals surface area contributed by atoms with Gasteiger partial charge in [-0.3, -0.25) is 4.57 Å². The zero-order valence-electron chi connectivity index (χ0n) is 19.2. The third-order valence-corrected chi connectivity index (χ3v) is 8.89. The number of aryl methyl sites for hydroxylation is 2. The van der Waals surface area contributed by atoms with E-state index in [0.717, 1.165) is 28.7 Å². The molecule has 0 aliphatic carbocycles. The van der Waals surface area contributed by atoms with Crippen LogP contribution < -0.4 is 0 Å². The molecule has 2 aromatic carbocycles. The Hall–Kier alpha value is -2.66. The minimum atomic E-state index is -3.57. The summed E-state index contributed by atoms with van der Waals surface area (Å²) in [7, 11) is -3.57. The van der Waals surface area contributed by atoms with Gasteiger partial charge >= 0.3 is 0 Å². The first kappa shape index (κ1) is 23.1. The van der Waals surface area contributed by atoms with Gasteiger partial charge in [0.25, 0.3) is 0 Å². The van der Waals surface area contributed by atoms with Crippen molar-refractivity contribution in [3.8, 4) is 5.69 Å². The molecule has 0 saturated carbocycles. The normalized spacial score (nSPS) is 15.2. The summed E-state index contributed by atoms with van der Waals surface area (Å²) in [4.78, 5) is 9.64. The molecule has 5 rings (SSSR count). The van der Waals surface area contributed by atoms with Crippen LogP contribution in [-0.4, -0.2) is 58.1 Å². The number of thioether (sulfide) groups is 1. The van der Waals surface area contributed by atoms with Crippen molar-refractivity contribution in [2.75, 3.05) is 26.3 Å². The van der Waals surface area contributed by atoms with Gasteiger partial charge in [-0.05, 0) is 43.7 Å². The fourth-order valence-corrected chi connectivity index (χ4v) is 6.60. The van der Waals surface area contributed by atoms with Gasteiger partial charge in [0.2, 0.25) is 10.0 Å². The Bertz CT molecular complexity index is 1420.